The van der Waals surface area contributed by atoms with Gasteiger partial charge in [-0.3, -0.25) is 0 Å². The fourth-order valence-corrected chi connectivity index (χ4v) is 1.58. The van der Waals surface area contributed by atoms with E-state index in [0.717, 1.165) is 12.8 Å². The maximum atomic E-state index is 9.58. The Kier molecular flexibility index (Phi) is 10.0. The van der Waals surface area contributed by atoms with Gasteiger partial charge in [-0.05, 0) is 12.8 Å². The van der Waals surface area contributed by atoms with Crippen molar-refractivity contribution in [2.75, 3.05) is 0 Å². The van der Waals surface area contributed by atoms with Gasteiger partial charge in [0.1, 0.15) is 0 Å². The molecule has 13 heavy (non-hydrogen) atoms. The van der Waals surface area contributed by atoms with Crippen molar-refractivity contribution < 1.29 is 5.11 Å². The van der Waals surface area contributed by atoms with E-state index < -0.39 is 0 Å². The fourth-order valence-electron chi connectivity index (χ4n) is 1.58. The van der Waals surface area contributed by atoms with Crippen molar-refractivity contribution in [3.63, 3.8) is 0 Å². The molecule has 0 fully saturated rings. The van der Waals surface area contributed by atoms with Gasteiger partial charge in [0, 0.05) is 0 Å². The van der Waals surface area contributed by atoms with Crippen LogP contribution in [0.2, 0.25) is 0 Å². The molecule has 80 valence electrons. The van der Waals surface area contributed by atoms with Gasteiger partial charge in [0.15, 0.2) is 0 Å². The third kappa shape index (κ3) is 9.88. The Hall–Kier alpha value is -0.0400. The largest absolute Gasteiger partial charge is 0.393 e. The molecule has 0 aliphatic rings. The van der Waals surface area contributed by atoms with Gasteiger partial charge in [0.2, 0.25) is 0 Å². The second-order valence-corrected chi connectivity index (χ2v) is 4.00. The first-order valence-electron chi connectivity index (χ1n) is 5.99. The van der Waals surface area contributed by atoms with Gasteiger partial charge in [-0.25, -0.2) is 0 Å². The van der Waals surface area contributed by atoms with Crippen LogP contribution in [0.1, 0.15) is 71.6 Å². The first-order valence-corrected chi connectivity index (χ1v) is 5.99. The molecule has 0 amide bonds. The fraction of sp³-hybridized carbons (Fsp3) is 1.00. The molecule has 0 bridgehead atoms. The number of unbranched alkanes of at least 4 members (excludes halogenated alkanes) is 5. The zero-order valence-corrected chi connectivity index (χ0v) is 9.39. The van der Waals surface area contributed by atoms with E-state index in [4.69, 9.17) is 0 Å². The van der Waals surface area contributed by atoms with Crippen LogP contribution >= 0.6 is 0 Å². The summed E-state index contributed by atoms with van der Waals surface area (Å²) in [6.45, 7) is 4.42. The minimum absolute atomic E-state index is 0.0246. The Balaban J connectivity index is 3.05. The number of aliphatic hydroxyl groups excluding tert-OH is 1. The first kappa shape index (κ1) is 13.0. The van der Waals surface area contributed by atoms with E-state index in [9.17, 15) is 5.11 Å². The molecular formula is C12H26O. The van der Waals surface area contributed by atoms with Gasteiger partial charge in [-0.15, -0.1) is 0 Å². The Morgan fingerprint density at radius 3 is 1.77 bits per heavy atom. The van der Waals surface area contributed by atoms with Crippen LogP contribution in [-0.4, -0.2) is 11.2 Å². The van der Waals surface area contributed by atoms with E-state index >= 15 is 0 Å². The number of aliphatic hydroxyl groups is 1. The van der Waals surface area contributed by atoms with Crippen molar-refractivity contribution in [1.82, 2.24) is 0 Å². The Labute approximate surface area is 83.5 Å². The van der Waals surface area contributed by atoms with Gasteiger partial charge in [0.05, 0.1) is 6.10 Å². The molecule has 1 atom stereocenters. The summed E-state index contributed by atoms with van der Waals surface area (Å²) in [5.74, 6) is 0. The lowest BCUT2D eigenvalue weighted by Crippen LogP contribution is -2.05. The predicted molar refractivity (Wildman–Crippen MR) is 58.9 cm³/mol. The average Bonchev–Trinajstić information content (AvgIpc) is 2.13. The standard InChI is InChI=1S/C12H26O/c1-3-5-7-9-11-12(13)10-8-6-4-2/h12-13H,3-11H2,1-2H3. The molecule has 1 nitrogen and oxygen atoms in total. The summed E-state index contributed by atoms with van der Waals surface area (Å²) >= 11 is 0. The van der Waals surface area contributed by atoms with Crippen LogP contribution < -0.4 is 0 Å². The maximum Gasteiger partial charge on any atom is 0.0540 e. The molecule has 0 heterocycles. The molecule has 0 aromatic rings. The zero-order valence-electron chi connectivity index (χ0n) is 9.39. The molecule has 0 saturated heterocycles. The lowest BCUT2D eigenvalue weighted by molar-refractivity contribution is 0.147. The number of hydrogen-bond donors (Lipinski definition) is 1. The molecule has 0 aromatic heterocycles. The molecule has 1 heteroatoms. The van der Waals surface area contributed by atoms with Crippen LogP contribution in [0.3, 0.4) is 0 Å². The average molecular weight is 186 g/mol. The summed E-state index contributed by atoms with van der Waals surface area (Å²) in [5.41, 5.74) is 0. The van der Waals surface area contributed by atoms with Crippen LogP contribution in [-0.2, 0) is 0 Å². The van der Waals surface area contributed by atoms with Gasteiger partial charge in [-0.2, -0.15) is 0 Å². The van der Waals surface area contributed by atoms with Crippen molar-refractivity contribution in [2.45, 2.75) is 77.7 Å². The second kappa shape index (κ2) is 10.0. The normalized spacial score (nSPS) is 13.2. The highest BCUT2D eigenvalue weighted by Gasteiger charge is 2.02. The van der Waals surface area contributed by atoms with Crippen molar-refractivity contribution in [3.8, 4) is 0 Å². The lowest BCUT2D eigenvalue weighted by atomic mass is 10.0. The van der Waals surface area contributed by atoms with Crippen molar-refractivity contribution in [1.29, 1.82) is 0 Å². The van der Waals surface area contributed by atoms with E-state index in [-0.39, 0.29) is 6.10 Å². The third-order valence-electron chi connectivity index (χ3n) is 2.53. The second-order valence-electron chi connectivity index (χ2n) is 4.00. The Morgan fingerprint density at radius 1 is 0.769 bits per heavy atom. The molecule has 1 unspecified atom stereocenters. The molecule has 1 N–H and O–H groups in total. The van der Waals surface area contributed by atoms with Crippen molar-refractivity contribution in [2.24, 2.45) is 0 Å². The topological polar surface area (TPSA) is 20.2 Å². The highest BCUT2D eigenvalue weighted by Crippen LogP contribution is 2.11. The van der Waals surface area contributed by atoms with E-state index in [0.29, 0.717) is 0 Å². The van der Waals surface area contributed by atoms with E-state index in [2.05, 4.69) is 13.8 Å². The van der Waals surface area contributed by atoms with Crippen LogP contribution in [0.15, 0.2) is 0 Å². The molecule has 0 aromatic carbocycles. The minimum atomic E-state index is -0.0246. The van der Waals surface area contributed by atoms with Gasteiger partial charge in [-0.1, -0.05) is 58.8 Å². The van der Waals surface area contributed by atoms with Gasteiger partial charge < -0.3 is 5.11 Å². The SMILES string of the molecule is CCCCCCC(O)CCCCC. The summed E-state index contributed by atoms with van der Waals surface area (Å²) < 4.78 is 0. The monoisotopic (exact) mass is 186 g/mol. The van der Waals surface area contributed by atoms with Crippen molar-refractivity contribution in [3.05, 3.63) is 0 Å². The summed E-state index contributed by atoms with van der Waals surface area (Å²) in [7, 11) is 0. The summed E-state index contributed by atoms with van der Waals surface area (Å²) in [6, 6.07) is 0. The molecular weight excluding hydrogens is 160 g/mol. The Morgan fingerprint density at radius 2 is 1.23 bits per heavy atom. The summed E-state index contributed by atoms with van der Waals surface area (Å²) in [5, 5.41) is 9.58. The van der Waals surface area contributed by atoms with E-state index in [1.807, 2.05) is 0 Å². The van der Waals surface area contributed by atoms with Crippen LogP contribution in [0, 0.1) is 0 Å². The van der Waals surface area contributed by atoms with E-state index in [1.54, 1.807) is 0 Å². The molecule has 0 saturated carbocycles. The number of rotatable bonds is 9. The lowest BCUT2D eigenvalue weighted by Gasteiger charge is -2.09. The highest BCUT2D eigenvalue weighted by atomic mass is 16.3. The predicted octanol–water partition coefficient (Wildman–Crippen LogP) is 3.90. The first-order chi connectivity index (χ1) is 6.31. The van der Waals surface area contributed by atoms with Crippen LogP contribution in [0.4, 0.5) is 0 Å². The minimum Gasteiger partial charge on any atom is -0.393 e. The molecule has 0 radical (unpaired) electrons. The Bertz CT molecular complexity index is 91.1. The summed E-state index contributed by atoms with van der Waals surface area (Å²) in [4.78, 5) is 0. The maximum absolute atomic E-state index is 9.58. The molecule has 0 spiro atoms. The van der Waals surface area contributed by atoms with Gasteiger partial charge in [0.25, 0.3) is 0 Å². The van der Waals surface area contributed by atoms with Crippen molar-refractivity contribution >= 4 is 0 Å². The molecule has 0 aliphatic carbocycles. The number of hydrogen-bond acceptors (Lipinski definition) is 1. The van der Waals surface area contributed by atoms with Crippen LogP contribution in [0.5, 0.6) is 0 Å². The highest BCUT2D eigenvalue weighted by molar-refractivity contribution is 4.56. The van der Waals surface area contributed by atoms with Gasteiger partial charge >= 0.3 is 0 Å². The third-order valence-corrected chi connectivity index (χ3v) is 2.53. The quantitative estimate of drug-likeness (QED) is 0.541. The molecule has 0 aliphatic heterocycles. The summed E-state index contributed by atoms with van der Waals surface area (Å²) in [6.07, 6.45) is 10.8. The van der Waals surface area contributed by atoms with E-state index in [1.165, 1.54) is 44.9 Å². The zero-order chi connectivity index (χ0) is 9.94. The molecule has 0 rings (SSSR count). The smallest absolute Gasteiger partial charge is 0.0540 e. The van der Waals surface area contributed by atoms with Crippen LogP contribution in [0.25, 0.3) is 0 Å².